The normalized spacial score (nSPS) is 10.8. The van der Waals surface area contributed by atoms with Crippen LogP contribution in [0.15, 0.2) is 66.7 Å². The quantitative estimate of drug-likeness (QED) is 0.410. The molecule has 1 amide bonds. The number of aromatic nitrogens is 2. The molecule has 0 radical (unpaired) electrons. The number of fused-ring (bicyclic) bond motifs is 1. The van der Waals surface area contributed by atoms with Gasteiger partial charge in [0, 0.05) is 10.6 Å². The van der Waals surface area contributed by atoms with Crippen LogP contribution in [0.1, 0.15) is 21.7 Å². The number of hydrogen-bond acceptors (Lipinski definition) is 4. The molecule has 0 aliphatic carbocycles. The molecule has 32 heavy (non-hydrogen) atoms. The second kappa shape index (κ2) is 9.75. The molecule has 0 spiro atoms. The molecule has 0 saturated carbocycles. The van der Waals surface area contributed by atoms with Crippen LogP contribution in [0.25, 0.3) is 11.0 Å². The Balaban J connectivity index is 1.48. The van der Waals surface area contributed by atoms with Crippen molar-refractivity contribution in [2.24, 2.45) is 0 Å². The lowest BCUT2D eigenvalue weighted by atomic mass is 10.2. The predicted octanol–water partition coefficient (Wildman–Crippen LogP) is 5.02. The third-order valence-corrected chi connectivity index (χ3v) is 5.61. The van der Waals surface area contributed by atoms with Gasteiger partial charge < -0.3 is 19.4 Å². The summed E-state index contributed by atoms with van der Waals surface area (Å²) in [7, 11) is 1.58. The first kappa shape index (κ1) is 21.7. The van der Waals surface area contributed by atoms with Gasteiger partial charge in [-0.3, -0.25) is 4.79 Å². The van der Waals surface area contributed by atoms with Gasteiger partial charge >= 0.3 is 0 Å². The van der Waals surface area contributed by atoms with Crippen molar-refractivity contribution in [2.75, 3.05) is 13.7 Å². The zero-order chi connectivity index (χ0) is 22.5. The number of hydrogen-bond donors (Lipinski definition) is 1. The fourth-order valence-corrected chi connectivity index (χ4v) is 3.61. The van der Waals surface area contributed by atoms with Gasteiger partial charge in [0.15, 0.2) is 0 Å². The van der Waals surface area contributed by atoms with Crippen LogP contribution in [0, 0.1) is 6.92 Å². The molecule has 0 unspecified atom stereocenters. The second-order valence-corrected chi connectivity index (χ2v) is 7.75. The highest BCUT2D eigenvalue weighted by molar-refractivity contribution is 6.31. The van der Waals surface area contributed by atoms with Crippen molar-refractivity contribution in [3.05, 3.63) is 88.7 Å². The lowest BCUT2D eigenvalue weighted by Gasteiger charge is -2.12. The number of carbonyl (C=O) groups excluding carboxylic acids is 1. The van der Waals surface area contributed by atoms with E-state index in [4.69, 9.17) is 26.1 Å². The van der Waals surface area contributed by atoms with Crippen LogP contribution in [0.5, 0.6) is 11.5 Å². The van der Waals surface area contributed by atoms with E-state index in [1.54, 1.807) is 31.4 Å². The number of halogens is 1. The van der Waals surface area contributed by atoms with E-state index in [2.05, 4.69) is 9.88 Å². The highest BCUT2D eigenvalue weighted by Crippen LogP contribution is 2.22. The molecule has 0 bridgehead atoms. The van der Waals surface area contributed by atoms with E-state index in [-0.39, 0.29) is 5.91 Å². The molecule has 4 rings (SSSR count). The molecular weight excluding hydrogens is 426 g/mol. The van der Waals surface area contributed by atoms with Crippen molar-refractivity contribution in [3.63, 3.8) is 0 Å². The highest BCUT2D eigenvalue weighted by Gasteiger charge is 2.13. The minimum atomic E-state index is -0.185. The maximum Gasteiger partial charge on any atom is 0.251 e. The summed E-state index contributed by atoms with van der Waals surface area (Å²) in [6.45, 7) is 3.29. The number of amides is 1. The molecule has 1 heterocycles. The number of ether oxygens (including phenoxy) is 2. The van der Waals surface area contributed by atoms with E-state index in [0.29, 0.717) is 36.0 Å². The smallest absolute Gasteiger partial charge is 0.251 e. The van der Waals surface area contributed by atoms with Crippen molar-refractivity contribution in [1.82, 2.24) is 14.9 Å². The highest BCUT2D eigenvalue weighted by atomic mass is 35.5. The third-order valence-electron chi connectivity index (χ3n) is 5.19. The Morgan fingerprint density at radius 1 is 1.06 bits per heavy atom. The van der Waals surface area contributed by atoms with Crippen molar-refractivity contribution < 1.29 is 14.3 Å². The first-order chi connectivity index (χ1) is 15.5. The number of benzene rings is 3. The van der Waals surface area contributed by atoms with Crippen LogP contribution in [0.4, 0.5) is 0 Å². The fourth-order valence-electron chi connectivity index (χ4n) is 3.50. The lowest BCUT2D eigenvalue weighted by molar-refractivity contribution is 0.0949. The number of carbonyl (C=O) groups is 1. The van der Waals surface area contributed by atoms with E-state index in [1.807, 2.05) is 49.4 Å². The molecule has 6 nitrogen and oxygen atoms in total. The van der Waals surface area contributed by atoms with E-state index in [0.717, 1.165) is 28.2 Å². The summed E-state index contributed by atoms with van der Waals surface area (Å²) in [6.07, 6.45) is 0. The van der Waals surface area contributed by atoms with E-state index in [1.165, 1.54) is 0 Å². The largest absolute Gasteiger partial charge is 0.497 e. The average molecular weight is 450 g/mol. The van der Waals surface area contributed by atoms with Crippen LogP contribution in [0.2, 0.25) is 5.02 Å². The minimum Gasteiger partial charge on any atom is -0.497 e. The Hall–Kier alpha value is -3.51. The molecule has 0 aliphatic rings. The first-order valence-electron chi connectivity index (χ1n) is 10.3. The SMILES string of the molecule is COc1cccc(C(=O)NCc2nc3ccccc3n2CCOc2ccc(Cl)c(C)c2)c1. The van der Waals surface area contributed by atoms with Gasteiger partial charge in [-0.15, -0.1) is 0 Å². The Bertz CT molecular complexity index is 1250. The Morgan fingerprint density at radius 2 is 1.91 bits per heavy atom. The second-order valence-electron chi connectivity index (χ2n) is 7.34. The molecule has 4 aromatic rings. The lowest BCUT2D eigenvalue weighted by Crippen LogP contribution is -2.25. The van der Waals surface area contributed by atoms with Gasteiger partial charge in [0.05, 0.1) is 31.2 Å². The summed E-state index contributed by atoms with van der Waals surface area (Å²) in [4.78, 5) is 17.3. The third kappa shape index (κ3) is 4.86. The molecule has 1 N–H and O–H groups in total. The summed E-state index contributed by atoms with van der Waals surface area (Å²) in [5, 5.41) is 3.67. The number of methoxy groups -OCH3 is 1. The fraction of sp³-hybridized carbons (Fsp3) is 0.200. The average Bonchev–Trinajstić information content (AvgIpc) is 3.17. The zero-order valence-electron chi connectivity index (χ0n) is 18.0. The van der Waals surface area contributed by atoms with Gasteiger partial charge in [0.25, 0.3) is 5.91 Å². The van der Waals surface area contributed by atoms with Gasteiger partial charge in [-0.2, -0.15) is 0 Å². The molecule has 0 fully saturated rings. The van der Waals surface area contributed by atoms with Gasteiger partial charge in [0.2, 0.25) is 0 Å². The zero-order valence-corrected chi connectivity index (χ0v) is 18.7. The Morgan fingerprint density at radius 3 is 2.72 bits per heavy atom. The van der Waals surface area contributed by atoms with Gasteiger partial charge in [-0.05, 0) is 61.0 Å². The number of nitrogens with zero attached hydrogens (tertiary/aromatic N) is 2. The maximum atomic E-state index is 12.6. The van der Waals surface area contributed by atoms with Crippen molar-refractivity contribution in [3.8, 4) is 11.5 Å². The molecule has 164 valence electrons. The molecular formula is C25H24ClN3O3. The Labute approximate surface area is 191 Å². The molecule has 0 saturated heterocycles. The van der Waals surface area contributed by atoms with Crippen LogP contribution in [-0.4, -0.2) is 29.2 Å². The van der Waals surface area contributed by atoms with Gasteiger partial charge in [0.1, 0.15) is 23.9 Å². The van der Waals surface area contributed by atoms with Crippen LogP contribution in [0.3, 0.4) is 0 Å². The van der Waals surface area contributed by atoms with Crippen molar-refractivity contribution >= 4 is 28.5 Å². The predicted molar refractivity (Wildman–Crippen MR) is 126 cm³/mol. The monoisotopic (exact) mass is 449 g/mol. The number of imidazole rings is 1. The summed E-state index contributed by atoms with van der Waals surface area (Å²) < 4.78 is 13.2. The molecule has 1 aromatic heterocycles. The van der Waals surface area contributed by atoms with E-state index >= 15 is 0 Å². The number of rotatable bonds is 8. The van der Waals surface area contributed by atoms with Crippen LogP contribution in [-0.2, 0) is 13.1 Å². The van der Waals surface area contributed by atoms with Gasteiger partial charge in [-0.1, -0.05) is 29.8 Å². The number of aryl methyl sites for hydroxylation is 1. The van der Waals surface area contributed by atoms with Crippen molar-refractivity contribution in [1.29, 1.82) is 0 Å². The number of para-hydroxylation sites is 2. The summed E-state index contributed by atoms with van der Waals surface area (Å²) in [5.41, 5.74) is 3.38. The molecule has 7 heteroatoms. The van der Waals surface area contributed by atoms with Gasteiger partial charge in [-0.25, -0.2) is 4.98 Å². The topological polar surface area (TPSA) is 65.4 Å². The van der Waals surface area contributed by atoms with Crippen LogP contribution < -0.4 is 14.8 Å². The number of nitrogens with one attached hydrogen (secondary N) is 1. The van der Waals surface area contributed by atoms with Crippen LogP contribution >= 0.6 is 11.6 Å². The van der Waals surface area contributed by atoms with Crippen molar-refractivity contribution in [2.45, 2.75) is 20.0 Å². The molecule has 0 aliphatic heterocycles. The maximum absolute atomic E-state index is 12.6. The minimum absolute atomic E-state index is 0.185. The molecule has 3 aromatic carbocycles. The molecule has 0 atom stereocenters. The van der Waals surface area contributed by atoms with E-state index in [9.17, 15) is 4.79 Å². The van der Waals surface area contributed by atoms with E-state index < -0.39 is 0 Å². The first-order valence-corrected chi connectivity index (χ1v) is 10.7. The Kier molecular flexibility index (Phi) is 6.61. The summed E-state index contributed by atoms with van der Waals surface area (Å²) >= 11 is 6.09. The summed E-state index contributed by atoms with van der Waals surface area (Å²) in [6, 6.07) is 20.6. The standard InChI is InChI=1S/C25H24ClN3O3/c1-17-14-20(10-11-21(17)26)32-13-12-29-23-9-4-3-8-22(23)28-24(29)16-27-25(30)18-6-5-7-19(15-18)31-2/h3-11,14-15H,12-13,16H2,1-2H3,(H,27,30). The summed E-state index contributed by atoms with van der Waals surface area (Å²) in [5.74, 6) is 1.98.